The van der Waals surface area contributed by atoms with Gasteiger partial charge in [-0.3, -0.25) is 18.7 Å². The molecule has 0 N–H and O–H groups in total. The minimum Gasteiger partial charge on any atom is -0.497 e. The Kier molecular flexibility index (Phi) is 10.4. The number of hydrogen-bond acceptors (Lipinski definition) is 10. The van der Waals surface area contributed by atoms with E-state index in [9.17, 15) is 18.0 Å². The lowest BCUT2D eigenvalue weighted by Gasteiger charge is -2.46. The molecule has 39 heavy (non-hydrogen) atoms. The average molecular weight is 565 g/mol. The van der Waals surface area contributed by atoms with E-state index in [1.165, 1.54) is 14.2 Å². The van der Waals surface area contributed by atoms with Crippen molar-refractivity contribution < 1.29 is 41.2 Å². The first kappa shape index (κ1) is 30.5. The van der Waals surface area contributed by atoms with Gasteiger partial charge < -0.3 is 14.2 Å². The highest BCUT2D eigenvalue weighted by Gasteiger charge is 2.52. The number of amides is 2. The summed E-state index contributed by atoms with van der Waals surface area (Å²) in [7, 11) is 0.382. The minimum absolute atomic E-state index is 0.0608. The smallest absolute Gasteiger partial charge is 0.274 e. The zero-order valence-electron chi connectivity index (χ0n) is 23.0. The molecule has 2 aromatic carbocycles. The number of piperazine rings is 1. The molecule has 2 amide bonds. The lowest BCUT2D eigenvalue weighted by atomic mass is 9.91. The second-order valence-electron chi connectivity index (χ2n) is 9.61. The summed E-state index contributed by atoms with van der Waals surface area (Å²) < 4.78 is 46.0. The van der Waals surface area contributed by atoms with Gasteiger partial charge in [0.1, 0.15) is 23.6 Å². The van der Waals surface area contributed by atoms with Crippen LogP contribution in [0.4, 0.5) is 0 Å². The molecule has 3 rings (SSSR count). The maximum absolute atomic E-state index is 14.0. The molecule has 214 valence electrons. The number of hydrogen-bond donors (Lipinski definition) is 0. The zero-order chi connectivity index (χ0) is 28.7. The van der Waals surface area contributed by atoms with Crippen molar-refractivity contribution in [2.75, 3.05) is 34.4 Å². The fourth-order valence-electron chi connectivity index (χ4n) is 4.48. The molecule has 0 saturated carbocycles. The molecular weight excluding hydrogens is 528 g/mol. The Morgan fingerprint density at radius 3 is 1.92 bits per heavy atom. The summed E-state index contributed by atoms with van der Waals surface area (Å²) in [5.41, 5.74) is 1.19. The molecule has 1 fully saturated rings. The van der Waals surface area contributed by atoms with Crippen LogP contribution in [-0.2, 0) is 40.0 Å². The Hall–Kier alpha value is -3.03. The molecule has 1 aliphatic rings. The lowest BCUT2D eigenvalue weighted by molar-refractivity contribution is -0.237. The Balaban J connectivity index is 2.19. The number of ether oxygens (including phenoxy) is 3. The fourth-order valence-corrected chi connectivity index (χ4v) is 5.08. The van der Waals surface area contributed by atoms with Gasteiger partial charge in [0.25, 0.3) is 21.9 Å². The van der Waals surface area contributed by atoms with Crippen LogP contribution in [0.1, 0.15) is 37.5 Å². The average Bonchev–Trinajstić information content (AvgIpc) is 2.90. The fraction of sp³-hybridized carbons (Fsp3) is 0.481. The first-order valence-electron chi connectivity index (χ1n) is 12.4. The number of rotatable bonds is 13. The van der Waals surface area contributed by atoms with Gasteiger partial charge in [0.15, 0.2) is 6.79 Å². The van der Waals surface area contributed by atoms with Gasteiger partial charge in [-0.1, -0.05) is 38.1 Å². The number of hydroxylamine groups is 2. The number of benzene rings is 2. The van der Waals surface area contributed by atoms with Crippen molar-refractivity contribution in [1.29, 1.82) is 0 Å². The van der Waals surface area contributed by atoms with Gasteiger partial charge in [-0.05, 0) is 47.7 Å². The third kappa shape index (κ3) is 7.76. The predicted octanol–water partition coefficient (Wildman–Crippen LogP) is 2.91. The van der Waals surface area contributed by atoms with E-state index < -0.39 is 40.1 Å². The van der Waals surface area contributed by atoms with E-state index in [1.807, 2.05) is 26.0 Å². The van der Waals surface area contributed by atoms with Crippen LogP contribution >= 0.6 is 0 Å². The molecule has 1 aliphatic heterocycles. The second kappa shape index (κ2) is 13.4. The van der Waals surface area contributed by atoms with E-state index >= 15 is 0 Å². The van der Waals surface area contributed by atoms with E-state index in [2.05, 4.69) is 0 Å². The monoisotopic (exact) mass is 564 g/mol. The van der Waals surface area contributed by atoms with E-state index in [0.717, 1.165) is 11.8 Å². The normalized spacial score (nSPS) is 19.4. The number of nitrogens with zero attached hydrogens (tertiary/aromatic N) is 2. The predicted molar refractivity (Wildman–Crippen MR) is 142 cm³/mol. The number of carbonyl (C=O) groups is 2. The number of carbonyl (C=O) groups excluding carboxylic acids is 2. The van der Waals surface area contributed by atoms with Crippen molar-refractivity contribution in [3.8, 4) is 11.5 Å². The van der Waals surface area contributed by atoms with Gasteiger partial charge in [0.05, 0.1) is 26.5 Å². The van der Waals surface area contributed by atoms with Crippen LogP contribution in [0.5, 0.6) is 11.5 Å². The summed E-state index contributed by atoms with van der Waals surface area (Å²) in [6.45, 7) is 3.72. The highest BCUT2D eigenvalue weighted by molar-refractivity contribution is 7.86. The highest BCUT2D eigenvalue weighted by atomic mass is 32.2. The molecule has 1 heterocycles. The summed E-state index contributed by atoms with van der Waals surface area (Å²) in [6.07, 6.45) is -0.00603. The molecule has 0 spiro atoms. The number of methoxy groups -OCH3 is 3. The summed E-state index contributed by atoms with van der Waals surface area (Å²) in [5.74, 6) is -0.0839. The Morgan fingerprint density at radius 1 is 0.872 bits per heavy atom. The third-order valence-corrected chi connectivity index (χ3v) is 6.78. The van der Waals surface area contributed by atoms with Crippen LogP contribution in [0.15, 0.2) is 48.5 Å². The summed E-state index contributed by atoms with van der Waals surface area (Å²) in [5, 5.41) is 0.675. The van der Waals surface area contributed by atoms with Crippen molar-refractivity contribution >= 4 is 21.9 Å². The molecule has 11 nitrogen and oxygen atoms in total. The minimum atomic E-state index is -4.05. The lowest BCUT2D eigenvalue weighted by Crippen LogP contribution is -2.66. The topological polar surface area (TPSA) is 121 Å². The summed E-state index contributed by atoms with van der Waals surface area (Å²) >= 11 is 0. The second-order valence-corrected chi connectivity index (χ2v) is 11.2. The van der Waals surface area contributed by atoms with Crippen LogP contribution in [-0.4, -0.2) is 76.7 Å². The van der Waals surface area contributed by atoms with E-state index in [-0.39, 0.29) is 19.3 Å². The van der Waals surface area contributed by atoms with E-state index in [1.54, 1.807) is 48.4 Å². The molecule has 12 heteroatoms. The van der Waals surface area contributed by atoms with Crippen LogP contribution in [0.3, 0.4) is 0 Å². The van der Waals surface area contributed by atoms with Gasteiger partial charge >= 0.3 is 0 Å². The van der Waals surface area contributed by atoms with Crippen LogP contribution in [0.25, 0.3) is 0 Å². The van der Waals surface area contributed by atoms with E-state index in [4.69, 9.17) is 23.2 Å². The Labute approximate surface area is 229 Å². The van der Waals surface area contributed by atoms with Crippen LogP contribution < -0.4 is 9.47 Å². The van der Waals surface area contributed by atoms with Crippen molar-refractivity contribution in [2.24, 2.45) is 5.92 Å². The first-order valence-corrected chi connectivity index (χ1v) is 14.2. The molecule has 3 atom stereocenters. The molecule has 0 aliphatic carbocycles. The SMILES string of the molecule is COCON1C(=O)C(CC(C)C)N(Cc2ccc(OC)cc2)C(C(OS(C)(=O)=O)c2ccc(OC)cc2)C1=O. The van der Waals surface area contributed by atoms with Gasteiger partial charge in [-0.2, -0.15) is 8.42 Å². The summed E-state index contributed by atoms with van der Waals surface area (Å²) in [6, 6.07) is 11.7. The third-order valence-electron chi connectivity index (χ3n) is 6.22. The standard InChI is InChI=1S/C27H36N2O9S/c1-18(2)15-23-26(30)29(37-17-34-3)27(31)24(28(23)16-19-7-11-21(35-4)12-8-19)25(38-39(6,32)33)20-9-13-22(36-5)14-10-20/h7-14,18,23-25H,15-17H2,1-6H3. The largest absolute Gasteiger partial charge is 0.497 e. The van der Waals surface area contributed by atoms with Gasteiger partial charge in [-0.25, -0.2) is 4.84 Å². The summed E-state index contributed by atoms with van der Waals surface area (Å²) in [4.78, 5) is 34.7. The van der Waals surface area contributed by atoms with Crippen molar-refractivity contribution in [2.45, 2.75) is 45.0 Å². The van der Waals surface area contributed by atoms with Crippen LogP contribution in [0.2, 0.25) is 0 Å². The maximum Gasteiger partial charge on any atom is 0.274 e. The first-order chi connectivity index (χ1) is 18.5. The molecule has 1 saturated heterocycles. The molecular formula is C27H36N2O9S. The van der Waals surface area contributed by atoms with Crippen molar-refractivity contribution in [1.82, 2.24) is 9.96 Å². The van der Waals surface area contributed by atoms with E-state index in [0.29, 0.717) is 28.5 Å². The quantitative estimate of drug-likeness (QED) is 0.204. The molecule has 2 aromatic rings. The molecule has 3 unspecified atom stereocenters. The Bertz CT molecular complexity index is 1220. The van der Waals surface area contributed by atoms with Gasteiger partial charge in [0, 0.05) is 13.7 Å². The highest BCUT2D eigenvalue weighted by Crippen LogP contribution is 2.36. The zero-order valence-corrected chi connectivity index (χ0v) is 23.8. The molecule has 0 aromatic heterocycles. The number of imide groups is 1. The van der Waals surface area contributed by atoms with Gasteiger partial charge in [-0.15, -0.1) is 5.06 Å². The van der Waals surface area contributed by atoms with Crippen LogP contribution in [0, 0.1) is 5.92 Å². The van der Waals surface area contributed by atoms with Crippen molar-refractivity contribution in [3.63, 3.8) is 0 Å². The van der Waals surface area contributed by atoms with Gasteiger partial charge in [0.2, 0.25) is 0 Å². The molecule has 0 bridgehead atoms. The Morgan fingerprint density at radius 2 is 1.44 bits per heavy atom. The maximum atomic E-state index is 14.0. The van der Waals surface area contributed by atoms with Crippen molar-refractivity contribution in [3.05, 3.63) is 59.7 Å². The molecule has 0 radical (unpaired) electrons.